The lowest BCUT2D eigenvalue weighted by molar-refractivity contribution is -0.145. The molecule has 0 aromatic heterocycles. The number of benzene rings is 1. The van der Waals surface area contributed by atoms with Crippen molar-refractivity contribution in [2.45, 2.75) is 64.8 Å². The maximum atomic E-state index is 12.7. The summed E-state index contributed by atoms with van der Waals surface area (Å²) in [6, 6.07) is 8.16. The fraction of sp³-hybridized carbons (Fsp3) is 0.591. The van der Waals surface area contributed by atoms with Crippen LogP contribution in [0.4, 0.5) is 0 Å². The van der Waals surface area contributed by atoms with Crippen molar-refractivity contribution in [1.82, 2.24) is 9.80 Å². The van der Waals surface area contributed by atoms with Crippen LogP contribution >= 0.6 is 0 Å². The van der Waals surface area contributed by atoms with Crippen molar-refractivity contribution in [3.63, 3.8) is 0 Å². The minimum absolute atomic E-state index is 0.0922. The number of amides is 2. The Bertz CT molecular complexity index is 672. The first kappa shape index (κ1) is 21.9. The third kappa shape index (κ3) is 6.66. The second-order valence-electron chi connectivity index (χ2n) is 7.60. The van der Waals surface area contributed by atoms with Crippen LogP contribution in [-0.2, 0) is 27.2 Å². The Kier molecular flexibility index (Phi) is 8.48. The number of hydrogen-bond donors (Lipinski definition) is 1. The summed E-state index contributed by atoms with van der Waals surface area (Å²) in [5.74, 6) is -1.14. The highest BCUT2D eigenvalue weighted by atomic mass is 16.4. The summed E-state index contributed by atoms with van der Waals surface area (Å²) in [6.07, 6.45) is 5.91. The first-order valence-electron chi connectivity index (χ1n) is 10.2. The minimum atomic E-state index is -1.00. The molecule has 1 saturated heterocycles. The Morgan fingerprint density at radius 1 is 1.11 bits per heavy atom. The molecule has 0 radical (unpaired) electrons. The highest BCUT2D eigenvalue weighted by molar-refractivity contribution is 5.80. The third-order valence-electron chi connectivity index (χ3n) is 5.40. The van der Waals surface area contributed by atoms with Crippen LogP contribution in [0.1, 0.15) is 57.1 Å². The average molecular weight is 389 g/mol. The van der Waals surface area contributed by atoms with Crippen molar-refractivity contribution in [3.8, 4) is 0 Å². The van der Waals surface area contributed by atoms with Gasteiger partial charge in [0.1, 0.15) is 6.54 Å². The van der Waals surface area contributed by atoms with Crippen molar-refractivity contribution in [3.05, 3.63) is 35.4 Å². The molecule has 1 aromatic carbocycles. The van der Waals surface area contributed by atoms with Gasteiger partial charge in [-0.25, -0.2) is 0 Å². The molecule has 1 heterocycles. The van der Waals surface area contributed by atoms with E-state index >= 15 is 0 Å². The Hall–Kier alpha value is -2.37. The second-order valence-corrected chi connectivity index (χ2v) is 7.60. The summed E-state index contributed by atoms with van der Waals surface area (Å²) in [5, 5.41) is 9.05. The number of aliphatic carboxylic acids is 1. The average Bonchev–Trinajstić information content (AvgIpc) is 2.91. The van der Waals surface area contributed by atoms with Crippen molar-refractivity contribution in [1.29, 1.82) is 0 Å². The van der Waals surface area contributed by atoms with Crippen LogP contribution in [0.5, 0.6) is 0 Å². The van der Waals surface area contributed by atoms with Crippen molar-refractivity contribution in [2.24, 2.45) is 0 Å². The summed E-state index contributed by atoms with van der Waals surface area (Å²) < 4.78 is 0. The molecule has 2 amide bonds. The number of hydrogen-bond acceptors (Lipinski definition) is 3. The summed E-state index contributed by atoms with van der Waals surface area (Å²) in [6.45, 7) is 4.51. The van der Waals surface area contributed by atoms with E-state index in [1.807, 2.05) is 17.0 Å². The van der Waals surface area contributed by atoms with E-state index in [4.69, 9.17) is 5.11 Å². The van der Waals surface area contributed by atoms with Gasteiger partial charge >= 0.3 is 5.97 Å². The van der Waals surface area contributed by atoms with Crippen LogP contribution in [0.15, 0.2) is 24.3 Å². The summed E-state index contributed by atoms with van der Waals surface area (Å²) in [4.78, 5) is 38.9. The van der Waals surface area contributed by atoms with E-state index < -0.39 is 5.97 Å². The molecule has 1 aromatic rings. The van der Waals surface area contributed by atoms with Crippen molar-refractivity contribution < 1.29 is 19.5 Å². The predicted octanol–water partition coefficient (Wildman–Crippen LogP) is 2.89. The monoisotopic (exact) mass is 388 g/mol. The number of carboxylic acid groups (broad SMARTS) is 1. The predicted molar refractivity (Wildman–Crippen MR) is 108 cm³/mol. The third-order valence-corrected chi connectivity index (χ3v) is 5.40. The lowest BCUT2D eigenvalue weighted by atomic mass is 10.0. The first-order chi connectivity index (χ1) is 13.4. The van der Waals surface area contributed by atoms with E-state index in [1.54, 1.807) is 0 Å². The van der Waals surface area contributed by atoms with Gasteiger partial charge in [0.25, 0.3) is 0 Å². The Morgan fingerprint density at radius 2 is 1.79 bits per heavy atom. The van der Waals surface area contributed by atoms with E-state index in [0.29, 0.717) is 25.9 Å². The van der Waals surface area contributed by atoms with Crippen molar-refractivity contribution >= 4 is 17.8 Å². The van der Waals surface area contributed by atoms with Gasteiger partial charge in [0.2, 0.25) is 11.8 Å². The van der Waals surface area contributed by atoms with Gasteiger partial charge in [-0.05, 0) is 43.2 Å². The van der Waals surface area contributed by atoms with E-state index in [2.05, 4.69) is 19.1 Å². The molecule has 6 heteroatoms. The summed E-state index contributed by atoms with van der Waals surface area (Å²) in [7, 11) is 0. The lowest BCUT2D eigenvalue weighted by Crippen LogP contribution is -2.43. The number of unbranched alkanes of at least 4 members (excludes halogenated alkanes) is 1. The first-order valence-corrected chi connectivity index (χ1v) is 10.2. The van der Waals surface area contributed by atoms with Gasteiger partial charge in [0.05, 0.1) is 6.42 Å². The lowest BCUT2D eigenvalue weighted by Gasteiger charge is -2.28. The zero-order valence-electron chi connectivity index (χ0n) is 17.0. The van der Waals surface area contributed by atoms with Gasteiger partial charge in [0.15, 0.2) is 0 Å². The normalized spacial score (nSPS) is 17.1. The molecule has 0 spiro atoms. The molecule has 0 aliphatic carbocycles. The van der Waals surface area contributed by atoms with Crippen LogP contribution in [-0.4, -0.2) is 58.4 Å². The molecular weight excluding hydrogens is 356 g/mol. The van der Waals surface area contributed by atoms with Crippen LogP contribution in [0.25, 0.3) is 0 Å². The molecule has 0 bridgehead atoms. The van der Waals surface area contributed by atoms with E-state index in [9.17, 15) is 14.4 Å². The number of rotatable bonds is 8. The SMILES string of the molecule is CCCCc1ccc(CC(=O)N2CCCC(N(CC(=O)O)C(C)=O)CC2)cc1. The fourth-order valence-electron chi connectivity index (χ4n) is 3.77. The van der Waals surface area contributed by atoms with E-state index in [0.717, 1.165) is 24.8 Å². The van der Waals surface area contributed by atoms with Gasteiger partial charge in [-0.2, -0.15) is 0 Å². The molecule has 1 unspecified atom stereocenters. The van der Waals surface area contributed by atoms with Gasteiger partial charge in [-0.15, -0.1) is 0 Å². The molecule has 1 atom stereocenters. The zero-order chi connectivity index (χ0) is 20.5. The van der Waals surface area contributed by atoms with Gasteiger partial charge in [-0.3, -0.25) is 14.4 Å². The number of aryl methyl sites for hydroxylation is 1. The number of carbonyl (C=O) groups excluding carboxylic acids is 2. The van der Waals surface area contributed by atoms with Gasteiger partial charge in [-0.1, -0.05) is 37.6 Å². The van der Waals surface area contributed by atoms with Crippen LogP contribution in [0.2, 0.25) is 0 Å². The summed E-state index contributed by atoms with van der Waals surface area (Å²) in [5.41, 5.74) is 2.32. The number of nitrogens with zero attached hydrogens (tertiary/aromatic N) is 2. The largest absolute Gasteiger partial charge is 0.480 e. The zero-order valence-corrected chi connectivity index (χ0v) is 17.0. The number of carboxylic acids is 1. The summed E-state index contributed by atoms with van der Waals surface area (Å²) >= 11 is 0. The molecule has 154 valence electrons. The van der Waals surface area contributed by atoms with Crippen LogP contribution in [0, 0.1) is 0 Å². The molecule has 1 aliphatic rings. The van der Waals surface area contributed by atoms with Gasteiger partial charge < -0.3 is 14.9 Å². The molecule has 6 nitrogen and oxygen atoms in total. The molecule has 1 aliphatic heterocycles. The Balaban J connectivity index is 1.91. The Morgan fingerprint density at radius 3 is 2.39 bits per heavy atom. The Labute approximate surface area is 167 Å². The molecule has 28 heavy (non-hydrogen) atoms. The second kappa shape index (κ2) is 10.8. The quantitative estimate of drug-likeness (QED) is 0.743. The van der Waals surface area contributed by atoms with E-state index in [-0.39, 0.29) is 24.4 Å². The van der Waals surface area contributed by atoms with Crippen molar-refractivity contribution in [2.75, 3.05) is 19.6 Å². The topological polar surface area (TPSA) is 77.9 Å². The fourth-order valence-corrected chi connectivity index (χ4v) is 3.77. The molecular formula is C22H32N2O4. The molecule has 1 N–H and O–H groups in total. The standard InChI is InChI=1S/C22H32N2O4/c1-3-4-6-18-8-10-19(11-9-18)15-21(26)23-13-5-7-20(12-14-23)24(17(2)25)16-22(27)28/h8-11,20H,3-7,12-16H2,1-2H3,(H,27,28). The smallest absolute Gasteiger partial charge is 0.323 e. The van der Waals surface area contributed by atoms with Gasteiger partial charge in [0, 0.05) is 26.1 Å². The maximum absolute atomic E-state index is 12.7. The number of likely N-dealkylation sites (tertiary alicyclic amines) is 1. The van der Waals surface area contributed by atoms with E-state index in [1.165, 1.54) is 30.2 Å². The molecule has 2 rings (SSSR count). The maximum Gasteiger partial charge on any atom is 0.323 e. The highest BCUT2D eigenvalue weighted by Crippen LogP contribution is 2.18. The molecule has 1 fully saturated rings. The minimum Gasteiger partial charge on any atom is -0.480 e. The van der Waals surface area contributed by atoms with Crippen LogP contribution in [0.3, 0.4) is 0 Å². The number of carbonyl (C=O) groups is 3. The van der Waals surface area contributed by atoms with Crippen LogP contribution < -0.4 is 0 Å². The molecule has 0 saturated carbocycles. The highest BCUT2D eigenvalue weighted by Gasteiger charge is 2.27.